The highest BCUT2D eigenvalue weighted by molar-refractivity contribution is 5.78. The molecule has 30 heavy (non-hydrogen) atoms. The molecule has 0 N–H and O–H groups in total. The molecule has 0 bridgehead atoms. The highest BCUT2D eigenvalue weighted by atomic mass is 16.8. The summed E-state index contributed by atoms with van der Waals surface area (Å²) in [5.74, 6) is -1.43. The molecular weight excluding hydrogens is 388 g/mol. The Morgan fingerprint density at radius 1 is 0.867 bits per heavy atom. The van der Waals surface area contributed by atoms with Gasteiger partial charge in [-0.15, -0.1) is 0 Å². The predicted molar refractivity (Wildman–Crippen MR) is 105 cm³/mol. The lowest BCUT2D eigenvalue weighted by molar-refractivity contribution is -0.244. The van der Waals surface area contributed by atoms with Crippen molar-refractivity contribution in [3.05, 3.63) is 0 Å². The van der Waals surface area contributed by atoms with Crippen molar-refractivity contribution in [1.29, 1.82) is 0 Å². The van der Waals surface area contributed by atoms with Crippen LogP contribution in [0.4, 0.5) is 0 Å². The smallest absolute Gasteiger partial charge is 0.312 e. The van der Waals surface area contributed by atoms with Crippen LogP contribution >= 0.6 is 0 Å². The van der Waals surface area contributed by atoms with Crippen LogP contribution in [0.1, 0.15) is 77.6 Å². The number of esters is 1. The summed E-state index contributed by atoms with van der Waals surface area (Å²) >= 11 is 0. The fourth-order valence-corrected chi connectivity index (χ4v) is 6.58. The number of ether oxygens (including phenoxy) is 6. The van der Waals surface area contributed by atoms with Gasteiger partial charge < -0.3 is 28.4 Å². The van der Waals surface area contributed by atoms with Gasteiger partial charge in [0.2, 0.25) is 0 Å². The summed E-state index contributed by atoms with van der Waals surface area (Å²) in [7, 11) is 0. The van der Waals surface area contributed by atoms with E-state index in [4.69, 9.17) is 28.4 Å². The van der Waals surface area contributed by atoms with Gasteiger partial charge in [-0.1, -0.05) is 12.8 Å². The number of rotatable bonds is 3. The van der Waals surface area contributed by atoms with Crippen LogP contribution in [-0.2, 0) is 33.2 Å². The van der Waals surface area contributed by atoms with E-state index in [1.165, 1.54) is 12.8 Å². The third-order valence-corrected chi connectivity index (χ3v) is 8.15. The monoisotopic (exact) mass is 422 g/mol. The lowest BCUT2D eigenvalue weighted by Crippen LogP contribution is -2.43. The van der Waals surface area contributed by atoms with Gasteiger partial charge >= 0.3 is 5.97 Å². The van der Waals surface area contributed by atoms with Gasteiger partial charge in [0.25, 0.3) is 0 Å². The molecular formula is C23H34O7. The molecule has 6 fully saturated rings. The van der Waals surface area contributed by atoms with Gasteiger partial charge in [0.05, 0.1) is 19.1 Å². The summed E-state index contributed by atoms with van der Waals surface area (Å²) in [6, 6.07) is 0. The van der Waals surface area contributed by atoms with Crippen LogP contribution in [0.15, 0.2) is 0 Å². The molecule has 3 spiro atoms. The fourth-order valence-electron chi connectivity index (χ4n) is 6.58. The molecule has 0 amide bonds. The fraction of sp³-hybridized carbons (Fsp3) is 0.957. The molecule has 0 aromatic carbocycles. The van der Waals surface area contributed by atoms with Crippen molar-refractivity contribution in [2.75, 3.05) is 13.2 Å². The van der Waals surface area contributed by atoms with Crippen molar-refractivity contribution >= 4 is 5.97 Å². The van der Waals surface area contributed by atoms with Gasteiger partial charge in [0.15, 0.2) is 11.6 Å². The van der Waals surface area contributed by atoms with E-state index in [-0.39, 0.29) is 36.3 Å². The average molecular weight is 423 g/mol. The van der Waals surface area contributed by atoms with Gasteiger partial charge in [-0.05, 0) is 39.0 Å². The normalized spacial score (nSPS) is 45.8. The van der Waals surface area contributed by atoms with Crippen LogP contribution in [-0.4, -0.2) is 60.8 Å². The van der Waals surface area contributed by atoms with Gasteiger partial charge in [0.1, 0.15) is 30.0 Å². The highest BCUT2D eigenvalue weighted by Gasteiger charge is 2.77. The second-order valence-corrected chi connectivity index (χ2v) is 10.1. The standard InChI is InChI=1S/C23H34O7/c1-2-25-20(24)15-13-23(15)19-18(28-22(30-19)11-7-4-8-12-22)17(29-23)16-14-26-21(27-16)9-5-3-6-10-21/h15-19H,2-14H2,1H3/t15?,16-,17-,18+,19+,23?/m1/s1. The minimum absolute atomic E-state index is 0.180. The van der Waals surface area contributed by atoms with Crippen molar-refractivity contribution < 1.29 is 33.2 Å². The summed E-state index contributed by atoms with van der Waals surface area (Å²) < 4.78 is 37.9. The number of hydrogen-bond acceptors (Lipinski definition) is 7. The van der Waals surface area contributed by atoms with E-state index >= 15 is 0 Å². The van der Waals surface area contributed by atoms with Crippen LogP contribution < -0.4 is 0 Å². The summed E-state index contributed by atoms with van der Waals surface area (Å²) in [5.41, 5.74) is -0.631. The first kappa shape index (κ1) is 19.9. The molecule has 0 aromatic heterocycles. The second-order valence-electron chi connectivity index (χ2n) is 10.1. The predicted octanol–water partition coefficient (Wildman–Crippen LogP) is 3.23. The van der Waals surface area contributed by atoms with Crippen molar-refractivity contribution in [2.24, 2.45) is 5.92 Å². The third kappa shape index (κ3) is 2.99. The van der Waals surface area contributed by atoms with Crippen LogP contribution in [0.25, 0.3) is 0 Å². The second kappa shape index (κ2) is 7.14. The summed E-state index contributed by atoms with van der Waals surface area (Å²) in [4.78, 5) is 12.5. The molecule has 3 heterocycles. The molecule has 0 aromatic rings. The van der Waals surface area contributed by atoms with Gasteiger partial charge in [0, 0.05) is 25.7 Å². The van der Waals surface area contributed by atoms with E-state index < -0.39 is 17.2 Å². The van der Waals surface area contributed by atoms with Crippen LogP contribution in [0.2, 0.25) is 0 Å². The summed E-state index contributed by atoms with van der Waals surface area (Å²) in [5, 5.41) is 0. The number of hydrogen-bond donors (Lipinski definition) is 0. The molecule has 2 unspecified atom stereocenters. The Morgan fingerprint density at radius 2 is 1.57 bits per heavy atom. The highest BCUT2D eigenvalue weighted by Crippen LogP contribution is 2.62. The van der Waals surface area contributed by atoms with Gasteiger partial charge in [-0.3, -0.25) is 4.79 Å². The zero-order valence-electron chi connectivity index (χ0n) is 17.9. The van der Waals surface area contributed by atoms with E-state index in [1.807, 2.05) is 6.92 Å². The minimum Gasteiger partial charge on any atom is -0.466 e. The first-order valence-electron chi connectivity index (χ1n) is 12.1. The van der Waals surface area contributed by atoms with E-state index in [0.717, 1.165) is 51.4 Å². The maximum atomic E-state index is 12.5. The molecule has 168 valence electrons. The lowest BCUT2D eigenvalue weighted by atomic mass is 9.94. The number of carbonyl (C=O) groups is 1. The number of carbonyl (C=O) groups excluding carboxylic acids is 1. The Bertz CT molecular complexity index is 683. The average Bonchev–Trinajstić information content (AvgIpc) is 3.01. The topological polar surface area (TPSA) is 72.5 Å². The van der Waals surface area contributed by atoms with E-state index in [9.17, 15) is 4.79 Å². The van der Waals surface area contributed by atoms with Crippen LogP contribution in [0.5, 0.6) is 0 Å². The SMILES string of the molecule is CCOC(=O)C1CC12O[C@H]([C@H]1COC3(CCCCC3)O1)[C@@H]1OC3(CCCCC3)O[C@@H]12. The molecule has 3 saturated heterocycles. The first-order chi connectivity index (χ1) is 14.6. The third-order valence-electron chi connectivity index (χ3n) is 8.15. The molecule has 3 saturated carbocycles. The zero-order valence-corrected chi connectivity index (χ0v) is 17.9. The molecule has 7 heteroatoms. The van der Waals surface area contributed by atoms with Gasteiger partial charge in [-0.2, -0.15) is 0 Å². The quantitative estimate of drug-likeness (QED) is 0.647. The molecule has 6 aliphatic rings. The zero-order chi connectivity index (χ0) is 20.4. The number of fused-ring (bicyclic) bond motifs is 2. The van der Waals surface area contributed by atoms with Crippen LogP contribution in [0.3, 0.4) is 0 Å². The van der Waals surface area contributed by atoms with E-state index in [1.54, 1.807) is 0 Å². The molecule has 6 rings (SSSR count). The first-order valence-corrected chi connectivity index (χ1v) is 12.1. The Hall–Kier alpha value is -0.730. The maximum Gasteiger partial charge on any atom is 0.312 e. The van der Waals surface area contributed by atoms with E-state index in [0.29, 0.717) is 19.6 Å². The lowest BCUT2D eigenvalue weighted by Gasteiger charge is -2.35. The van der Waals surface area contributed by atoms with Gasteiger partial charge in [-0.25, -0.2) is 0 Å². The molecule has 6 atom stereocenters. The molecule has 3 aliphatic carbocycles. The Labute approximate surface area is 178 Å². The summed E-state index contributed by atoms with van der Waals surface area (Å²) in [6.07, 6.45) is 10.5. The van der Waals surface area contributed by atoms with Crippen molar-refractivity contribution in [2.45, 2.75) is 119 Å². The van der Waals surface area contributed by atoms with Crippen molar-refractivity contribution in [3.63, 3.8) is 0 Å². The largest absolute Gasteiger partial charge is 0.466 e. The Morgan fingerprint density at radius 3 is 2.27 bits per heavy atom. The molecule has 3 aliphatic heterocycles. The minimum atomic E-state index is -0.631. The van der Waals surface area contributed by atoms with Crippen molar-refractivity contribution in [3.8, 4) is 0 Å². The van der Waals surface area contributed by atoms with E-state index in [2.05, 4.69) is 0 Å². The van der Waals surface area contributed by atoms with Crippen molar-refractivity contribution in [1.82, 2.24) is 0 Å². The Balaban J connectivity index is 1.25. The molecule has 0 radical (unpaired) electrons. The van der Waals surface area contributed by atoms with Crippen LogP contribution in [0, 0.1) is 5.92 Å². The Kier molecular flexibility index (Phi) is 4.74. The molecule has 7 nitrogen and oxygen atoms in total. The maximum absolute atomic E-state index is 12.5. The summed E-state index contributed by atoms with van der Waals surface area (Å²) in [6.45, 7) is 2.74.